The second-order valence-electron chi connectivity index (χ2n) is 5.36. The first-order valence-electron chi connectivity index (χ1n) is 7.84. The normalized spacial score (nSPS) is 17.2. The second-order valence-corrected chi connectivity index (χ2v) is 5.36. The number of unbranched alkanes of at least 4 members (excludes halogenated alkanes) is 8. The van der Waals surface area contributed by atoms with Crippen molar-refractivity contribution in [2.75, 3.05) is 39.5 Å². The van der Waals surface area contributed by atoms with Crippen molar-refractivity contribution in [3.63, 3.8) is 0 Å². The lowest BCUT2D eigenvalue weighted by molar-refractivity contribution is 0.0371. The Morgan fingerprint density at radius 1 is 0.722 bits per heavy atom. The van der Waals surface area contributed by atoms with Gasteiger partial charge in [-0.15, -0.1) is 0 Å². The number of hydrogen-bond donors (Lipinski definition) is 1. The van der Waals surface area contributed by atoms with Crippen LogP contribution < -0.4 is 0 Å². The van der Waals surface area contributed by atoms with Crippen LogP contribution in [0.15, 0.2) is 0 Å². The maximum Gasteiger partial charge on any atom is 0.0594 e. The van der Waals surface area contributed by atoms with Gasteiger partial charge >= 0.3 is 0 Å². The lowest BCUT2D eigenvalue weighted by Crippen LogP contribution is -2.36. The van der Waals surface area contributed by atoms with E-state index in [1.807, 2.05) is 0 Å². The highest BCUT2D eigenvalue weighted by Gasteiger charge is 2.08. The summed E-state index contributed by atoms with van der Waals surface area (Å²) in [4.78, 5) is 2.53. The first-order chi connectivity index (χ1) is 8.93. The summed E-state index contributed by atoms with van der Waals surface area (Å²) in [7, 11) is 0. The summed E-state index contributed by atoms with van der Waals surface area (Å²) >= 11 is 0. The predicted octanol–water partition coefficient (Wildman–Crippen LogP) is 2.82. The minimum Gasteiger partial charge on any atom is -0.396 e. The molecule has 0 aromatic rings. The van der Waals surface area contributed by atoms with Crippen LogP contribution in [0.3, 0.4) is 0 Å². The average molecular weight is 257 g/mol. The fourth-order valence-corrected chi connectivity index (χ4v) is 2.51. The van der Waals surface area contributed by atoms with Crippen molar-refractivity contribution < 1.29 is 9.84 Å². The van der Waals surface area contributed by atoms with E-state index in [9.17, 15) is 0 Å². The minimum absolute atomic E-state index is 0.363. The summed E-state index contributed by atoms with van der Waals surface area (Å²) < 4.78 is 5.34. The number of aliphatic hydroxyl groups excluding tert-OH is 1. The Bertz CT molecular complexity index is 170. The zero-order valence-electron chi connectivity index (χ0n) is 11.9. The molecule has 0 bridgehead atoms. The first-order valence-corrected chi connectivity index (χ1v) is 7.84. The number of hydrogen-bond acceptors (Lipinski definition) is 3. The van der Waals surface area contributed by atoms with Crippen LogP contribution in [0.25, 0.3) is 0 Å². The van der Waals surface area contributed by atoms with Gasteiger partial charge in [-0.05, 0) is 19.4 Å². The summed E-state index contributed by atoms with van der Waals surface area (Å²) in [5.41, 5.74) is 0. The number of ether oxygens (including phenoxy) is 1. The molecule has 3 nitrogen and oxygen atoms in total. The standard InChI is InChI=1S/C15H31NO2/c17-13-9-7-5-3-1-2-4-6-8-10-16-11-14-18-15-12-16/h17H,1-15H2. The zero-order chi connectivity index (χ0) is 12.9. The Hall–Kier alpha value is -0.120. The van der Waals surface area contributed by atoms with Crippen LogP contribution in [-0.2, 0) is 4.74 Å². The number of aliphatic hydroxyl groups is 1. The maximum atomic E-state index is 8.66. The van der Waals surface area contributed by atoms with Gasteiger partial charge in [-0.1, -0.05) is 44.9 Å². The monoisotopic (exact) mass is 257 g/mol. The van der Waals surface area contributed by atoms with Gasteiger partial charge in [0.25, 0.3) is 0 Å². The van der Waals surface area contributed by atoms with Gasteiger partial charge in [0, 0.05) is 19.7 Å². The molecule has 0 aromatic heterocycles. The van der Waals surface area contributed by atoms with E-state index >= 15 is 0 Å². The average Bonchev–Trinajstić information content (AvgIpc) is 2.42. The van der Waals surface area contributed by atoms with Gasteiger partial charge in [-0.2, -0.15) is 0 Å². The van der Waals surface area contributed by atoms with Crippen molar-refractivity contribution in [3.05, 3.63) is 0 Å². The summed E-state index contributed by atoms with van der Waals surface area (Å²) in [6.07, 6.45) is 11.7. The van der Waals surface area contributed by atoms with Gasteiger partial charge in [0.05, 0.1) is 13.2 Å². The molecule has 0 spiro atoms. The Balaban J connectivity index is 1.73. The van der Waals surface area contributed by atoms with E-state index in [0.717, 1.165) is 32.7 Å². The summed E-state index contributed by atoms with van der Waals surface area (Å²) in [5, 5.41) is 8.66. The molecular formula is C15H31NO2. The van der Waals surface area contributed by atoms with Crippen molar-refractivity contribution >= 4 is 0 Å². The van der Waals surface area contributed by atoms with Gasteiger partial charge in [0.15, 0.2) is 0 Å². The van der Waals surface area contributed by atoms with Crippen molar-refractivity contribution in [1.29, 1.82) is 0 Å². The quantitative estimate of drug-likeness (QED) is 0.578. The molecule has 18 heavy (non-hydrogen) atoms. The predicted molar refractivity (Wildman–Crippen MR) is 75.9 cm³/mol. The molecule has 108 valence electrons. The third-order valence-corrected chi connectivity index (χ3v) is 3.74. The molecule has 1 N–H and O–H groups in total. The fourth-order valence-electron chi connectivity index (χ4n) is 2.51. The summed E-state index contributed by atoms with van der Waals surface area (Å²) in [5.74, 6) is 0. The van der Waals surface area contributed by atoms with E-state index < -0.39 is 0 Å². The summed E-state index contributed by atoms with van der Waals surface area (Å²) in [6.45, 7) is 5.73. The third kappa shape index (κ3) is 8.90. The molecule has 1 saturated heterocycles. The molecule has 1 fully saturated rings. The topological polar surface area (TPSA) is 32.7 Å². The summed E-state index contributed by atoms with van der Waals surface area (Å²) in [6, 6.07) is 0. The van der Waals surface area contributed by atoms with Crippen molar-refractivity contribution in [2.24, 2.45) is 0 Å². The fraction of sp³-hybridized carbons (Fsp3) is 1.00. The molecule has 0 amide bonds. The van der Waals surface area contributed by atoms with Gasteiger partial charge < -0.3 is 9.84 Å². The van der Waals surface area contributed by atoms with E-state index in [4.69, 9.17) is 9.84 Å². The number of morpholine rings is 1. The van der Waals surface area contributed by atoms with Crippen LogP contribution >= 0.6 is 0 Å². The zero-order valence-corrected chi connectivity index (χ0v) is 11.9. The lowest BCUT2D eigenvalue weighted by Gasteiger charge is -2.26. The van der Waals surface area contributed by atoms with E-state index in [1.165, 1.54) is 57.9 Å². The van der Waals surface area contributed by atoms with E-state index in [-0.39, 0.29) is 0 Å². The van der Waals surface area contributed by atoms with E-state index in [1.54, 1.807) is 0 Å². The SMILES string of the molecule is OCCCCCCCCCCCN1CCOCC1. The van der Waals surface area contributed by atoms with Gasteiger partial charge in [-0.3, -0.25) is 4.90 Å². The van der Waals surface area contributed by atoms with E-state index in [2.05, 4.69) is 4.90 Å². The van der Waals surface area contributed by atoms with Crippen LogP contribution in [0.4, 0.5) is 0 Å². The highest BCUT2D eigenvalue weighted by atomic mass is 16.5. The molecule has 1 rings (SSSR count). The van der Waals surface area contributed by atoms with Crippen LogP contribution in [0.1, 0.15) is 57.8 Å². The highest BCUT2D eigenvalue weighted by Crippen LogP contribution is 2.10. The number of rotatable bonds is 11. The maximum absolute atomic E-state index is 8.66. The molecule has 0 radical (unpaired) electrons. The number of nitrogens with zero attached hydrogens (tertiary/aromatic N) is 1. The van der Waals surface area contributed by atoms with Crippen molar-refractivity contribution in [3.8, 4) is 0 Å². The Kier molecular flexibility index (Phi) is 10.6. The molecule has 0 unspecified atom stereocenters. The third-order valence-electron chi connectivity index (χ3n) is 3.74. The van der Waals surface area contributed by atoms with E-state index in [0.29, 0.717) is 6.61 Å². The molecule has 0 saturated carbocycles. The molecule has 3 heteroatoms. The minimum atomic E-state index is 0.363. The van der Waals surface area contributed by atoms with Gasteiger partial charge in [-0.25, -0.2) is 0 Å². The largest absolute Gasteiger partial charge is 0.396 e. The van der Waals surface area contributed by atoms with Crippen LogP contribution in [-0.4, -0.2) is 49.5 Å². The molecular weight excluding hydrogens is 226 g/mol. The Morgan fingerprint density at radius 2 is 1.22 bits per heavy atom. The van der Waals surface area contributed by atoms with Crippen molar-refractivity contribution in [2.45, 2.75) is 57.8 Å². The Labute approximate surface area is 113 Å². The first kappa shape index (κ1) is 15.9. The van der Waals surface area contributed by atoms with Gasteiger partial charge in [0.2, 0.25) is 0 Å². The van der Waals surface area contributed by atoms with Crippen LogP contribution in [0, 0.1) is 0 Å². The smallest absolute Gasteiger partial charge is 0.0594 e. The van der Waals surface area contributed by atoms with Crippen LogP contribution in [0.2, 0.25) is 0 Å². The molecule has 0 aromatic carbocycles. The van der Waals surface area contributed by atoms with Crippen LogP contribution in [0.5, 0.6) is 0 Å². The Morgan fingerprint density at radius 3 is 1.78 bits per heavy atom. The molecule has 0 aliphatic carbocycles. The molecule has 1 aliphatic rings. The molecule has 1 heterocycles. The second kappa shape index (κ2) is 11.9. The van der Waals surface area contributed by atoms with Crippen molar-refractivity contribution in [1.82, 2.24) is 4.90 Å². The highest BCUT2D eigenvalue weighted by molar-refractivity contribution is 4.61. The molecule has 0 atom stereocenters. The molecule has 1 aliphatic heterocycles. The lowest BCUT2D eigenvalue weighted by atomic mass is 10.1. The van der Waals surface area contributed by atoms with Gasteiger partial charge in [0.1, 0.15) is 0 Å².